The number of ether oxygens (including phenoxy) is 2. The fourth-order valence-electron chi connectivity index (χ4n) is 1.29. The van der Waals surface area contributed by atoms with E-state index < -0.39 is 6.16 Å². The predicted octanol–water partition coefficient (Wildman–Crippen LogP) is 4.21. The van der Waals surface area contributed by atoms with Crippen LogP contribution in [0.25, 0.3) is 11.1 Å². The third-order valence-electron chi connectivity index (χ3n) is 2.10. The van der Waals surface area contributed by atoms with E-state index >= 15 is 0 Å². The molecule has 0 fully saturated rings. The van der Waals surface area contributed by atoms with Gasteiger partial charge < -0.3 is 9.47 Å². The Morgan fingerprint density at radius 1 is 1.24 bits per heavy atom. The van der Waals surface area contributed by atoms with Crippen LogP contribution in [0.3, 0.4) is 0 Å². The van der Waals surface area contributed by atoms with Crippen molar-refractivity contribution in [2.24, 2.45) is 0 Å². The summed E-state index contributed by atoms with van der Waals surface area (Å²) in [5.41, 5.74) is 2.00. The molecule has 0 aliphatic carbocycles. The lowest BCUT2D eigenvalue weighted by Gasteiger charge is -1.98. The lowest BCUT2D eigenvalue weighted by Crippen LogP contribution is -2.05. The van der Waals surface area contributed by atoms with Crippen LogP contribution in [-0.2, 0) is 4.74 Å². The summed E-state index contributed by atoms with van der Waals surface area (Å²) >= 11 is 7.14. The van der Waals surface area contributed by atoms with E-state index in [9.17, 15) is 4.79 Å². The van der Waals surface area contributed by atoms with Gasteiger partial charge in [-0.25, -0.2) is 4.79 Å². The Kier molecular flexibility index (Phi) is 3.66. The minimum Gasteiger partial charge on any atom is -0.437 e. The van der Waals surface area contributed by atoms with Crippen molar-refractivity contribution in [1.29, 1.82) is 0 Å². The number of carbonyl (C=O) groups is 1. The highest BCUT2D eigenvalue weighted by Crippen LogP contribution is 2.31. The minimum absolute atomic E-state index is 0.502. The van der Waals surface area contributed by atoms with Crippen molar-refractivity contribution in [2.75, 3.05) is 7.11 Å². The van der Waals surface area contributed by atoms with Crippen LogP contribution in [0.15, 0.2) is 35.7 Å². The first-order valence-corrected chi connectivity index (χ1v) is 6.05. The van der Waals surface area contributed by atoms with Crippen molar-refractivity contribution in [3.8, 4) is 16.2 Å². The molecular formula is C12H9ClO3S. The van der Waals surface area contributed by atoms with Crippen LogP contribution in [0.1, 0.15) is 0 Å². The Hall–Kier alpha value is -1.52. The monoisotopic (exact) mass is 268 g/mol. The largest absolute Gasteiger partial charge is 0.514 e. The predicted molar refractivity (Wildman–Crippen MR) is 67.8 cm³/mol. The first-order chi connectivity index (χ1) is 8.19. The molecule has 3 nitrogen and oxygen atoms in total. The second-order valence-corrected chi connectivity index (χ2v) is 4.53. The molecule has 0 atom stereocenters. The van der Waals surface area contributed by atoms with Crippen molar-refractivity contribution < 1.29 is 14.3 Å². The molecule has 0 N–H and O–H groups in total. The third-order valence-corrected chi connectivity index (χ3v) is 3.16. The summed E-state index contributed by atoms with van der Waals surface area (Å²) < 4.78 is 9.33. The highest BCUT2D eigenvalue weighted by molar-refractivity contribution is 7.12. The molecule has 2 aromatic rings. The maximum atomic E-state index is 10.9. The van der Waals surface area contributed by atoms with Gasteiger partial charge in [-0.3, -0.25) is 0 Å². The van der Waals surface area contributed by atoms with Crippen LogP contribution in [-0.4, -0.2) is 13.3 Å². The SMILES string of the molecule is COC(=O)Oc1cc(-c2ccc(Cl)cc2)cs1. The summed E-state index contributed by atoms with van der Waals surface area (Å²) in [4.78, 5) is 10.9. The molecule has 0 saturated heterocycles. The maximum absolute atomic E-state index is 10.9. The van der Waals surface area contributed by atoms with Gasteiger partial charge in [0.15, 0.2) is 5.06 Å². The van der Waals surface area contributed by atoms with Gasteiger partial charge in [0.1, 0.15) is 0 Å². The summed E-state index contributed by atoms with van der Waals surface area (Å²) in [6.07, 6.45) is -0.713. The summed E-state index contributed by atoms with van der Waals surface area (Å²) in [7, 11) is 1.27. The number of methoxy groups -OCH3 is 1. The van der Waals surface area contributed by atoms with Gasteiger partial charge in [0.25, 0.3) is 0 Å². The minimum atomic E-state index is -0.713. The lowest BCUT2D eigenvalue weighted by molar-refractivity contribution is 0.123. The average molecular weight is 269 g/mol. The van der Waals surface area contributed by atoms with Gasteiger partial charge in [0, 0.05) is 16.5 Å². The molecule has 0 saturated carbocycles. The summed E-state index contributed by atoms with van der Waals surface area (Å²) in [5.74, 6) is 0. The highest BCUT2D eigenvalue weighted by atomic mass is 35.5. The fraction of sp³-hybridized carbons (Fsp3) is 0.0833. The molecule has 0 bridgehead atoms. The molecule has 0 unspecified atom stereocenters. The van der Waals surface area contributed by atoms with Gasteiger partial charge in [0.2, 0.25) is 0 Å². The lowest BCUT2D eigenvalue weighted by atomic mass is 10.1. The van der Waals surface area contributed by atoms with Gasteiger partial charge in [-0.15, -0.1) is 11.3 Å². The van der Waals surface area contributed by atoms with Crippen molar-refractivity contribution in [3.63, 3.8) is 0 Å². The Morgan fingerprint density at radius 3 is 2.59 bits per heavy atom. The third kappa shape index (κ3) is 2.99. The van der Waals surface area contributed by atoms with E-state index in [0.717, 1.165) is 11.1 Å². The van der Waals surface area contributed by atoms with Gasteiger partial charge in [-0.05, 0) is 23.3 Å². The molecule has 0 amide bonds. The molecule has 1 heterocycles. The van der Waals surface area contributed by atoms with Crippen LogP contribution >= 0.6 is 22.9 Å². The number of hydrogen-bond donors (Lipinski definition) is 0. The molecule has 88 valence electrons. The highest BCUT2D eigenvalue weighted by Gasteiger charge is 2.07. The molecular weight excluding hydrogens is 260 g/mol. The number of halogens is 1. The van der Waals surface area contributed by atoms with Crippen LogP contribution in [0.5, 0.6) is 5.06 Å². The topological polar surface area (TPSA) is 35.5 Å². The van der Waals surface area contributed by atoms with Crippen LogP contribution in [0, 0.1) is 0 Å². The van der Waals surface area contributed by atoms with Gasteiger partial charge in [-0.2, -0.15) is 0 Å². The smallest absolute Gasteiger partial charge is 0.437 e. The molecule has 1 aromatic heterocycles. The Morgan fingerprint density at radius 2 is 1.94 bits per heavy atom. The van der Waals surface area contributed by atoms with E-state index in [1.165, 1.54) is 18.4 Å². The van der Waals surface area contributed by atoms with E-state index in [4.69, 9.17) is 16.3 Å². The fourth-order valence-corrected chi connectivity index (χ4v) is 2.17. The quantitative estimate of drug-likeness (QED) is 0.765. The number of rotatable bonds is 2. The van der Waals surface area contributed by atoms with E-state index in [1.54, 1.807) is 6.07 Å². The van der Waals surface area contributed by atoms with E-state index in [0.29, 0.717) is 10.1 Å². The first kappa shape index (κ1) is 12.0. The first-order valence-electron chi connectivity index (χ1n) is 4.79. The van der Waals surface area contributed by atoms with Crippen LogP contribution in [0.2, 0.25) is 5.02 Å². The Balaban J connectivity index is 2.18. The molecule has 17 heavy (non-hydrogen) atoms. The second kappa shape index (κ2) is 5.21. The number of carbonyl (C=O) groups excluding carboxylic acids is 1. The molecule has 1 aromatic carbocycles. The van der Waals surface area contributed by atoms with E-state index in [-0.39, 0.29) is 0 Å². The van der Waals surface area contributed by atoms with E-state index in [2.05, 4.69) is 4.74 Å². The molecule has 0 aliphatic rings. The molecule has 0 radical (unpaired) electrons. The number of hydrogen-bond acceptors (Lipinski definition) is 4. The van der Waals surface area contributed by atoms with Crippen molar-refractivity contribution in [1.82, 2.24) is 0 Å². The molecule has 0 spiro atoms. The van der Waals surface area contributed by atoms with Crippen molar-refractivity contribution in [2.45, 2.75) is 0 Å². The van der Waals surface area contributed by atoms with Gasteiger partial charge in [-0.1, -0.05) is 23.7 Å². The molecule has 2 rings (SSSR count). The van der Waals surface area contributed by atoms with Crippen molar-refractivity contribution in [3.05, 3.63) is 40.7 Å². The Bertz CT molecular complexity index is 519. The summed E-state index contributed by atoms with van der Waals surface area (Å²) in [6.45, 7) is 0. The molecule has 5 heteroatoms. The standard InChI is InChI=1S/C12H9ClO3S/c1-15-12(14)16-11-6-9(7-17-11)8-2-4-10(13)5-3-8/h2-7H,1H3. The molecule has 0 aliphatic heterocycles. The van der Waals surface area contributed by atoms with Crippen LogP contribution < -0.4 is 4.74 Å². The zero-order valence-electron chi connectivity index (χ0n) is 8.98. The average Bonchev–Trinajstić information content (AvgIpc) is 2.78. The summed E-state index contributed by atoms with van der Waals surface area (Å²) in [6, 6.07) is 9.23. The Labute approximate surface area is 108 Å². The normalized spacial score (nSPS) is 10.0. The van der Waals surface area contributed by atoms with Gasteiger partial charge >= 0.3 is 6.16 Å². The van der Waals surface area contributed by atoms with Crippen molar-refractivity contribution >= 4 is 29.1 Å². The van der Waals surface area contributed by atoms with Crippen LogP contribution in [0.4, 0.5) is 4.79 Å². The second-order valence-electron chi connectivity index (χ2n) is 3.22. The summed E-state index contributed by atoms with van der Waals surface area (Å²) in [5, 5.41) is 3.10. The zero-order chi connectivity index (χ0) is 12.3. The maximum Gasteiger partial charge on any atom is 0.514 e. The zero-order valence-corrected chi connectivity index (χ0v) is 10.5. The number of benzene rings is 1. The number of thiophene rings is 1. The van der Waals surface area contributed by atoms with E-state index in [1.807, 2.05) is 29.6 Å². The van der Waals surface area contributed by atoms with Gasteiger partial charge in [0.05, 0.1) is 7.11 Å².